The van der Waals surface area contributed by atoms with Gasteiger partial charge in [0.2, 0.25) is 0 Å². The Labute approximate surface area is 86.9 Å². The Morgan fingerprint density at radius 3 is 2.85 bits per heavy atom. The fourth-order valence-electron chi connectivity index (χ4n) is 1.06. The normalized spacial score (nSPS) is 9.15. The van der Waals surface area contributed by atoms with Crippen LogP contribution < -0.4 is 0 Å². The van der Waals surface area contributed by atoms with Crippen molar-refractivity contribution in [3.05, 3.63) is 34.9 Å². The smallest absolute Gasteiger partial charge is 0.0684 e. The summed E-state index contributed by atoms with van der Waals surface area (Å²) in [4.78, 5) is 0. The number of hydrogen-bond donors (Lipinski definition) is 1. The average Bonchev–Trinajstić information content (AvgIpc) is 2.16. The monoisotopic (exact) mass is 238 g/mol. The molecule has 0 fully saturated rings. The molecular weight excluding hydrogens is 228 g/mol. The van der Waals surface area contributed by atoms with Crippen molar-refractivity contribution in [3.63, 3.8) is 0 Å². The summed E-state index contributed by atoms with van der Waals surface area (Å²) >= 11 is 3.23. The molecule has 0 aliphatic heterocycles. The lowest BCUT2D eigenvalue weighted by Crippen LogP contribution is -1.89. The molecule has 0 radical (unpaired) electrons. The Bertz CT molecular complexity index is 347. The number of halogens is 1. The van der Waals surface area contributed by atoms with Crippen molar-refractivity contribution in [3.8, 4) is 11.8 Å². The molecular formula is C11H11BrO. The molecule has 0 aliphatic rings. The summed E-state index contributed by atoms with van der Waals surface area (Å²) in [6.07, 6.45) is 0. The van der Waals surface area contributed by atoms with Crippen LogP contribution in [0.1, 0.15) is 16.7 Å². The number of benzene rings is 1. The Balaban J connectivity index is 2.99. The van der Waals surface area contributed by atoms with E-state index in [2.05, 4.69) is 27.8 Å². The first-order chi connectivity index (χ1) is 6.27. The van der Waals surface area contributed by atoms with Gasteiger partial charge in [-0.3, -0.25) is 0 Å². The van der Waals surface area contributed by atoms with Gasteiger partial charge in [-0.1, -0.05) is 33.8 Å². The summed E-state index contributed by atoms with van der Waals surface area (Å²) in [5, 5.41) is 9.69. The Morgan fingerprint density at radius 2 is 2.23 bits per heavy atom. The largest absolute Gasteiger partial charge is 0.392 e. The van der Waals surface area contributed by atoms with Gasteiger partial charge in [0, 0.05) is 5.56 Å². The quantitative estimate of drug-likeness (QED) is 0.588. The van der Waals surface area contributed by atoms with E-state index in [0.717, 1.165) is 16.7 Å². The molecule has 0 heterocycles. The van der Waals surface area contributed by atoms with Crippen LogP contribution in [0, 0.1) is 18.8 Å². The molecule has 1 N–H and O–H groups in total. The molecule has 0 aliphatic carbocycles. The highest BCUT2D eigenvalue weighted by molar-refractivity contribution is 9.09. The van der Waals surface area contributed by atoms with Gasteiger partial charge in [-0.05, 0) is 30.2 Å². The van der Waals surface area contributed by atoms with Crippen molar-refractivity contribution in [2.75, 3.05) is 5.33 Å². The molecule has 1 nitrogen and oxygen atoms in total. The molecule has 68 valence electrons. The topological polar surface area (TPSA) is 20.2 Å². The summed E-state index contributed by atoms with van der Waals surface area (Å²) in [5.41, 5.74) is 3.00. The van der Waals surface area contributed by atoms with Gasteiger partial charge in [0.05, 0.1) is 11.9 Å². The molecule has 0 spiro atoms. The SMILES string of the molecule is Cc1ccc(C#CCBr)cc1CO. The molecule has 0 aromatic heterocycles. The molecule has 13 heavy (non-hydrogen) atoms. The minimum Gasteiger partial charge on any atom is -0.392 e. The van der Waals surface area contributed by atoms with Crippen molar-refractivity contribution < 1.29 is 5.11 Å². The van der Waals surface area contributed by atoms with E-state index < -0.39 is 0 Å². The Kier molecular flexibility index (Phi) is 4.01. The fraction of sp³-hybridized carbons (Fsp3) is 0.273. The molecule has 1 aromatic rings. The second kappa shape index (κ2) is 5.06. The Morgan fingerprint density at radius 1 is 1.46 bits per heavy atom. The summed E-state index contributed by atoms with van der Waals surface area (Å²) in [5.74, 6) is 5.91. The minimum atomic E-state index is 0.0790. The molecule has 0 bridgehead atoms. The highest BCUT2D eigenvalue weighted by atomic mass is 79.9. The first-order valence-corrected chi connectivity index (χ1v) is 5.15. The maximum atomic E-state index is 9.01. The van der Waals surface area contributed by atoms with Gasteiger partial charge >= 0.3 is 0 Å². The molecule has 1 aromatic carbocycles. The van der Waals surface area contributed by atoms with E-state index in [1.54, 1.807) is 0 Å². The zero-order valence-corrected chi connectivity index (χ0v) is 9.06. The first-order valence-electron chi connectivity index (χ1n) is 4.03. The van der Waals surface area contributed by atoms with Crippen molar-refractivity contribution in [2.24, 2.45) is 0 Å². The Hall–Kier alpha value is -0.780. The lowest BCUT2D eigenvalue weighted by atomic mass is 10.1. The summed E-state index contributed by atoms with van der Waals surface area (Å²) in [6, 6.07) is 5.86. The van der Waals surface area contributed by atoms with Gasteiger partial charge in [-0.15, -0.1) is 0 Å². The maximum absolute atomic E-state index is 9.01. The fourth-order valence-corrected chi connectivity index (χ4v) is 1.20. The van der Waals surface area contributed by atoms with Crippen LogP contribution in [0.3, 0.4) is 0 Å². The van der Waals surface area contributed by atoms with Crippen LogP contribution in [0.15, 0.2) is 18.2 Å². The van der Waals surface area contributed by atoms with Gasteiger partial charge in [-0.2, -0.15) is 0 Å². The van der Waals surface area contributed by atoms with Crippen LogP contribution in [0.4, 0.5) is 0 Å². The van der Waals surface area contributed by atoms with E-state index in [-0.39, 0.29) is 6.61 Å². The van der Waals surface area contributed by atoms with E-state index in [0.29, 0.717) is 5.33 Å². The van der Waals surface area contributed by atoms with Crippen LogP contribution in [0.25, 0.3) is 0 Å². The van der Waals surface area contributed by atoms with Gasteiger partial charge in [0.25, 0.3) is 0 Å². The first kappa shape index (κ1) is 10.3. The highest BCUT2D eigenvalue weighted by Crippen LogP contribution is 2.10. The van der Waals surface area contributed by atoms with E-state index in [4.69, 9.17) is 5.11 Å². The van der Waals surface area contributed by atoms with Crippen LogP contribution in [-0.2, 0) is 6.61 Å². The predicted octanol–water partition coefficient (Wildman–Crippen LogP) is 2.23. The third-order valence-corrected chi connectivity index (χ3v) is 2.10. The molecule has 2 heteroatoms. The van der Waals surface area contributed by atoms with Crippen molar-refractivity contribution >= 4 is 15.9 Å². The zero-order chi connectivity index (χ0) is 9.68. The average molecular weight is 239 g/mol. The number of aryl methyl sites for hydroxylation is 1. The zero-order valence-electron chi connectivity index (χ0n) is 7.47. The summed E-state index contributed by atoms with van der Waals surface area (Å²) in [6.45, 7) is 2.06. The number of aliphatic hydroxyl groups excluding tert-OH is 1. The van der Waals surface area contributed by atoms with Crippen molar-refractivity contribution in [2.45, 2.75) is 13.5 Å². The third-order valence-electron chi connectivity index (χ3n) is 1.82. The van der Waals surface area contributed by atoms with Gasteiger partial charge < -0.3 is 5.11 Å². The standard InChI is InChI=1S/C11H11BrO/c1-9-4-5-10(3-2-6-12)7-11(9)8-13/h4-5,7,13H,6,8H2,1H3. The van der Waals surface area contributed by atoms with Crippen LogP contribution in [0.2, 0.25) is 0 Å². The van der Waals surface area contributed by atoms with Crippen molar-refractivity contribution in [1.29, 1.82) is 0 Å². The lowest BCUT2D eigenvalue weighted by molar-refractivity contribution is 0.281. The second-order valence-electron chi connectivity index (χ2n) is 2.73. The molecule has 0 saturated carbocycles. The number of hydrogen-bond acceptors (Lipinski definition) is 1. The molecule has 0 saturated heterocycles. The van der Waals surface area contributed by atoms with Gasteiger partial charge in [0.1, 0.15) is 0 Å². The summed E-state index contributed by atoms with van der Waals surface area (Å²) < 4.78 is 0. The minimum absolute atomic E-state index is 0.0790. The molecule has 0 atom stereocenters. The number of rotatable bonds is 1. The molecule has 1 rings (SSSR count). The summed E-state index contributed by atoms with van der Waals surface area (Å²) in [7, 11) is 0. The van der Waals surface area contributed by atoms with Gasteiger partial charge in [0.15, 0.2) is 0 Å². The van der Waals surface area contributed by atoms with Crippen LogP contribution in [-0.4, -0.2) is 10.4 Å². The van der Waals surface area contributed by atoms with Crippen LogP contribution >= 0.6 is 15.9 Å². The van der Waals surface area contributed by atoms with E-state index >= 15 is 0 Å². The molecule has 0 unspecified atom stereocenters. The maximum Gasteiger partial charge on any atom is 0.0684 e. The van der Waals surface area contributed by atoms with Crippen molar-refractivity contribution in [1.82, 2.24) is 0 Å². The van der Waals surface area contributed by atoms with E-state index in [9.17, 15) is 0 Å². The number of aliphatic hydroxyl groups is 1. The van der Waals surface area contributed by atoms with Crippen LogP contribution in [0.5, 0.6) is 0 Å². The number of alkyl halides is 1. The predicted molar refractivity (Wildman–Crippen MR) is 57.8 cm³/mol. The van der Waals surface area contributed by atoms with Gasteiger partial charge in [-0.25, -0.2) is 0 Å². The molecule has 0 amide bonds. The lowest BCUT2D eigenvalue weighted by Gasteiger charge is -2.01. The highest BCUT2D eigenvalue weighted by Gasteiger charge is 1.96. The second-order valence-corrected chi connectivity index (χ2v) is 3.30. The van der Waals surface area contributed by atoms with E-state index in [1.165, 1.54) is 0 Å². The third kappa shape index (κ3) is 2.87. The van der Waals surface area contributed by atoms with E-state index in [1.807, 2.05) is 25.1 Å².